The van der Waals surface area contributed by atoms with Gasteiger partial charge in [-0.15, -0.1) is 0 Å². The Bertz CT molecular complexity index is 909. The van der Waals surface area contributed by atoms with Gasteiger partial charge in [0, 0.05) is 18.3 Å². The largest absolute Gasteiger partial charge is 0.332 e. The fourth-order valence-corrected chi connectivity index (χ4v) is 3.44. The molecule has 0 bridgehead atoms. The molecule has 0 heterocycles. The molecule has 142 valence electrons. The molecule has 2 aromatic rings. The third kappa shape index (κ3) is 6.93. The van der Waals surface area contributed by atoms with Gasteiger partial charge in [0.25, 0.3) is 0 Å². The van der Waals surface area contributed by atoms with Gasteiger partial charge in [0.1, 0.15) is 0 Å². The molecule has 0 aromatic heterocycles. The van der Waals surface area contributed by atoms with E-state index in [1.165, 1.54) is 18.2 Å². The van der Waals surface area contributed by atoms with Crippen LogP contribution in [0.5, 0.6) is 0 Å². The molecule has 27 heavy (non-hydrogen) atoms. The number of carbonyl (C=O) groups excluding carboxylic acids is 1. The van der Waals surface area contributed by atoms with Gasteiger partial charge in [-0.3, -0.25) is 10.1 Å². The summed E-state index contributed by atoms with van der Waals surface area (Å²) >= 11 is 5.10. The number of hydrogen-bond acceptors (Lipinski definition) is 4. The summed E-state index contributed by atoms with van der Waals surface area (Å²) in [7, 11) is -3.51. The Balaban J connectivity index is 1.90. The van der Waals surface area contributed by atoms with Crippen molar-refractivity contribution in [2.24, 2.45) is 0 Å². The molecule has 0 aliphatic carbocycles. The van der Waals surface area contributed by atoms with Crippen LogP contribution in [0.3, 0.4) is 0 Å². The van der Waals surface area contributed by atoms with Crippen LogP contribution < -0.4 is 15.4 Å². The molecule has 0 radical (unpaired) electrons. The van der Waals surface area contributed by atoms with Crippen LogP contribution in [-0.2, 0) is 14.8 Å². The quantitative estimate of drug-likeness (QED) is 0.489. The van der Waals surface area contributed by atoms with Gasteiger partial charge in [0.2, 0.25) is 15.9 Å². The summed E-state index contributed by atoms with van der Waals surface area (Å²) < 4.78 is 26.6. The maximum Gasteiger partial charge on any atom is 0.250 e. The topological polar surface area (TPSA) is 87.3 Å². The minimum atomic E-state index is -3.51. The molecule has 2 aromatic carbocycles. The summed E-state index contributed by atoms with van der Waals surface area (Å²) in [6, 6.07) is 15.5. The molecular formula is C19H21N3O3S2. The Morgan fingerprint density at radius 1 is 1.07 bits per heavy atom. The van der Waals surface area contributed by atoms with Crippen molar-refractivity contribution in [1.82, 2.24) is 10.0 Å². The first kappa shape index (κ1) is 20.8. The summed E-state index contributed by atoms with van der Waals surface area (Å²) in [5, 5.41) is 5.50. The smallest absolute Gasteiger partial charge is 0.250 e. The number of nitrogens with one attached hydrogen (secondary N) is 3. The lowest BCUT2D eigenvalue weighted by Crippen LogP contribution is -2.32. The van der Waals surface area contributed by atoms with Crippen molar-refractivity contribution in [3.05, 3.63) is 66.2 Å². The highest BCUT2D eigenvalue weighted by atomic mass is 32.2. The summed E-state index contributed by atoms with van der Waals surface area (Å²) in [6.07, 6.45) is 3.78. The van der Waals surface area contributed by atoms with Crippen molar-refractivity contribution >= 4 is 45.0 Å². The van der Waals surface area contributed by atoms with E-state index in [4.69, 9.17) is 12.2 Å². The zero-order chi connectivity index (χ0) is 19.7. The number of thiocarbonyl (C=S) groups is 1. The van der Waals surface area contributed by atoms with Crippen LogP contribution >= 0.6 is 12.2 Å². The summed E-state index contributed by atoms with van der Waals surface area (Å²) in [4.78, 5) is 12.1. The number of amides is 1. The molecule has 3 N–H and O–H groups in total. The highest BCUT2D eigenvalue weighted by Crippen LogP contribution is 2.14. The van der Waals surface area contributed by atoms with Gasteiger partial charge in [-0.25, -0.2) is 13.1 Å². The monoisotopic (exact) mass is 403 g/mol. The maximum atomic E-state index is 12.0. The lowest BCUT2D eigenvalue weighted by atomic mass is 10.2. The second kappa shape index (κ2) is 9.96. The van der Waals surface area contributed by atoms with Crippen molar-refractivity contribution < 1.29 is 13.2 Å². The average molecular weight is 404 g/mol. The normalized spacial score (nSPS) is 11.3. The number of sulfonamides is 1. The van der Waals surface area contributed by atoms with Crippen molar-refractivity contribution in [2.45, 2.75) is 18.2 Å². The average Bonchev–Trinajstić information content (AvgIpc) is 2.66. The van der Waals surface area contributed by atoms with Gasteiger partial charge in [0.05, 0.1) is 4.90 Å². The van der Waals surface area contributed by atoms with Crippen molar-refractivity contribution in [3.63, 3.8) is 0 Å². The lowest BCUT2D eigenvalue weighted by molar-refractivity contribution is -0.115. The van der Waals surface area contributed by atoms with E-state index < -0.39 is 10.0 Å². The van der Waals surface area contributed by atoms with Gasteiger partial charge in [-0.1, -0.05) is 37.3 Å². The summed E-state index contributed by atoms with van der Waals surface area (Å²) in [5.74, 6) is -0.362. The van der Waals surface area contributed by atoms with E-state index in [0.29, 0.717) is 18.7 Å². The minimum absolute atomic E-state index is 0.123. The fourth-order valence-electron chi connectivity index (χ4n) is 2.09. The molecule has 0 unspecified atom stereocenters. The van der Waals surface area contributed by atoms with E-state index in [2.05, 4.69) is 15.4 Å². The predicted octanol–water partition coefficient (Wildman–Crippen LogP) is 2.90. The van der Waals surface area contributed by atoms with Gasteiger partial charge in [-0.2, -0.15) is 0 Å². The number of hydrogen-bond donors (Lipinski definition) is 3. The van der Waals surface area contributed by atoms with E-state index in [-0.39, 0.29) is 15.9 Å². The van der Waals surface area contributed by atoms with Crippen molar-refractivity contribution in [1.29, 1.82) is 0 Å². The Kier molecular flexibility index (Phi) is 7.66. The highest BCUT2D eigenvalue weighted by Gasteiger charge is 2.12. The number of rotatable bonds is 7. The number of carbonyl (C=O) groups is 1. The van der Waals surface area contributed by atoms with Crippen LogP contribution in [0.2, 0.25) is 0 Å². The van der Waals surface area contributed by atoms with Crippen LogP contribution in [0.15, 0.2) is 65.6 Å². The van der Waals surface area contributed by atoms with Crippen LogP contribution in [0.4, 0.5) is 5.69 Å². The van der Waals surface area contributed by atoms with Crippen molar-refractivity contribution in [3.8, 4) is 0 Å². The first-order valence-electron chi connectivity index (χ1n) is 8.35. The fraction of sp³-hybridized carbons (Fsp3) is 0.158. The van der Waals surface area contributed by atoms with Crippen LogP contribution in [0.1, 0.15) is 18.9 Å². The molecule has 0 spiro atoms. The van der Waals surface area contributed by atoms with E-state index in [0.717, 1.165) is 5.56 Å². The second-order valence-electron chi connectivity index (χ2n) is 5.61. The Hall–Kier alpha value is -2.55. The van der Waals surface area contributed by atoms with E-state index >= 15 is 0 Å². The molecule has 0 aliphatic heterocycles. The Morgan fingerprint density at radius 2 is 1.74 bits per heavy atom. The van der Waals surface area contributed by atoms with Gasteiger partial charge < -0.3 is 5.32 Å². The highest BCUT2D eigenvalue weighted by molar-refractivity contribution is 7.89. The molecule has 0 saturated carbocycles. The molecule has 8 heteroatoms. The predicted molar refractivity (Wildman–Crippen MR) is 112 cm³/mol. The molecule has 0 aliphatic rings. The first-order valence-corrected chi connectivity index (χ1v) is 10.2. The molecule has 0 fully saturated rings. The third-order valence-electron chi connectivity index (χ3n) is 3.43. The standard InChI is InChI=1S/C19H21N3O3S2/c1-2-14-20-27(24,25)17-11-9-16(10-12-17)21-19(26)22-18(23)13-8-15-6-4-3-5-7-15/h3-13,20H,2,14H2,1H3,(H2,21,22,23,26). The van der Waals surface area contributed by atoms with E-state index in [1.54, 1.807) is 18.2 Å². The van der Waals surface area contributed by atoms with Gasteiger partial charge in [0.15, 0.2) is 5.11 Å². The molecule has 0 atom stereocenters. The van der Waals surface area contributed by atoms with Gasteiger partial charge >= 0.3 is 0 Å². The molecule has 1 amide bonds. The Labute approximate surface area is 164 Å². The maximum absolute atomic E-state index is 12.0. The summed E-state index contributed by atoms with van der Waals surface area (Å²) in [5.41, 5.74) is 1.47. The summed E-state index contributed by atoms with van der Waals surface area (Å²) in [6.45, 7) is 2.27. The van der Waals surface area contributed by atoms with Crippen molar-refractivity contribution in [2.75, 3.05) is 11.9 Å². The van der Waals surface area contributed by atoms with Crippen LogP contribution in [0, 0.1) is 0 Å². The van der Waals surface area contributed by atoms with E-state index in [1.807, 2.05) is 37.3 Å². The number of anilines is 1. The number of benzene rings is 2. The molecular weight excluding hydrogens is 382 g/mol. The SMILES string of the molecule is CCCNS(=O)(=O)c1ccc(NC(=S)NC(=O)C=Cc2ccccc2)cc1. The minimum Gasteiger partial charge on any atom is -0.332 e. The zero-order valence-electron chi connectivity index (χ0n) is 14.8. The van der Waals surface area contributed by atoms with Crippen LogP contribution in [-0.4, -0.2) is 26.0 Å². The molecule has 6 nitrogen and oxygen atoms in total. The molecule has 2 rings (SSSR count). The first-order chi connectivity index (χ1) is 12.9. The second-order valence-corrected chi connectivity index (χ2v) is 7.78. The zero-order valence-corrected chi connectivity index (χ0v) is 16.4. The van der Waals surface area contributed by atoms with Crippen LogP contribution in [0.25, 0.3) is 6.08 Å². The lowest BCUT2D eigenvalue weighted by Gasteiger charge is -2.10. The molecule has 0 saturated heterocycles. The Morgan fingerprint density at radius 3 is 2.37 bits per heavy atom. The van der Waals surface area contributed by atoms with E-state index in [9.17, 15) is 13.2 Å². The van der Waals surface area contributed by atoms with Gasteiger partial charge in [-0.05, 0) is 54.5 Å². The third-order valence-corrected chi connectivity index (χ3v) is 5.11.